The number of halogens is 1. The Labute approximate surface area is 112 Å². The van der Waals surface area contributed by atoms with Gasteiger partial charge in [-0.15, -0.1) is 0 Å². The van der Waals surface area contributed by atoms with E-state index in [2.05, 4.69) is 45.5 Å². The summed E-state index contributed by atoms with van der Waals surface area (Å²) in [7, 11) is 1.78. The van der Waals surface area contributed by atoms with Crippen LogP contribution in [0.3, 0.4) is 0 Å². The number of rotatable bonds is 7. The smallest absolute Gasteiger partial charge is 0.0468 e. The van der Waals surface area contributed by atoms with Crippen LogP contribution in [0.25, 0.3) is 0 Å². The van der Waals surface area contributed by atoms with Gasteiger partial charge in [0.1, 0.15) is 0 Å². The van der Waals surface area contributed by atoms with Gasteiger partial charge in [0.2, 0.25) is 0 Å². The van der Waals surface area contributed by atoms with Crippen molar-refractivity contribution in [3.63, 3.8) is 0 Å². The summed E-state index contributed by atoms with van der Waals surface area (Å²) in [6.07, 6.45) is 3.88. The van der Waals surface area contributed by atoms with E-state index in [0.717, 1.165) is 19.7 Å². The Morgan fingerprint density at radius 1 is 1.35 bits per heavy atom. The second-order valence-corrected chi connectivity index (χ2v) is 5.79. The van der Waals surface area contributed by atoms with Crippen LogP contribution in [0.15, 0.2) is 28.7 Å². The third-order valence-corrected chi connectivity index (χ3v) is 4.34. The van der Waals surface area contributed by atoms with Gasteiger partial charge in [0.05, 0.1) is 0 Å². The zero-order chi connectivity index (χ0) is 12.1. The molecule has 1 aromatic carbocycles. The molecular weight excluding hydrogens is 278 g/mol. The van der Waals surface area contributed by atoms with Crippen LogP contribution in [0.5, 0.6) is 0 Å². The molecule has 3 heteroatoms. The number of ether oxygens (including phenoxy) is 1. The van der Waals surface area contributed by atoms with E-state index >= 15 is 0 Å². The van der Waals surface area contributed by atoms with Crippen molar-refractivity contribution >= 4 is 15.9 Å². The molecule has 1 saturated carbocycles. The molecule has 1 aliphatic rings. The second-order valence-electron chi connectivity index (χ2n) is 4.94. The summed E-state index contributed by atoms with van der Waals surface area (Å²) in [5.41, 5.74) is 1.85. The minimum Gasteiger partial charge on any atom is -0.385 e. The highest BCUT2D eigenvalue weighted by atomic mass is 79.9. The zero-order valence-corrected chi connectivity index (χ0v) is 11.9. The lowest BCUT2D eigenvalue weighted by Gasteiger charge is -2.15. The predicted octanol–water partition coefficient (Wildman–Crippen LogP) is 3.36. The maximum atomic E-state index is 5.17. The van der Waals surface area contributed by atoms with Gasteiger partial charge < -0.3 is 10.1 Å². The Morgan fingerprint density at radius 2 is 2.12 bits per heavy atom. The fourth-order valence-corrected chi connectivity index (χ4v) is 2.54. The highest BCUT2D eigenvalue weighted by Crippen LogP contribution is 2.48. The molecule has 0 saturated heterocycles. The molecule has 1 fully saturated rings. The molecule has 0 radical (unpaired) electrons. The topological polar surface area (TPSA) is 21.3 Å². The molecule has 1 N–H and O–H groups in total. The number of nitrogens with one attached hydrogen (secondary N) is 1. The lowest BCUT2D eigenvalue weighted by molar-refractivity contribution is 0.171. The van der Waals surface area contributed by atoms with Gasteiger partial charge in [-0.3, -0.25) is 0 Å². The fourth-order valence-electron chi connectivity index (χ4n) is 2.11. The maximum absolute atomic E-state index is 5.17. The zero-order valence-electron chi connectivity index (χ0n) is 10.3. The van der Waals surface area contributed by atoms with Crippen molar-refractivity contribution in [1.82, 2.24) is 5.32 Å². The largest absolute Gasteiger partial charge is 0.385 e. The van der Waals surface area contributed by atoms with E-state index in [-0.39, 0.29) is 0 Å². The van der Waals surface area contributed by atoms with E-state index in [1.54, 1.807) is 7.11 Å². The molecule has 94 valence electrons. The van der Waals surface area contributed by atoms with Gasteiger partial charge in [-0.2, -0.15) is 0 Å². The lowest BCUT2D eigenvalue weighted by Crippen LogP contribution is -2.24. The third kappa shape index (κ3) is 3.80. The normalized spacial score (nSPS) is 17.1. The molecule has 17 heavy (non-hydrogen) atoms. The summed E-state index contributed by atoms with van der Waals surface area (Å²) in [5, 5.41) is 3.57. The van der Waals surface area contributed by atoms with Gasteiger partial charge in [-0.25, -0.2) is 0 Å². The minimum absolute atomic E-state index is 0.525. The van der Waals surface area contributed by atoms with Gasteiger partial charge in [0.25, 0.3) is 0 Å². The third-order valence-electron chi connectivity index (χ3n) is 3.57. The maximum Gasteiger partial charge on any atom is 0.0468 e. The average Bonchev–Trinajstić information content (AvgIpc) is 3.10. The van der Waals surface area contributed by atoms with Crippen molar-refractivity contribution in [2.75, 3.05) is 20.3 Å². The summed E-state index contributed by atoms with van der Waals surface area (Å²) in [4.78, 5) is 0. The fraction of sp³-hybridized carbons (Fsp3) is 0.571. The quantitative estimate of drug-likeness (QED) is 0.833. The Bertz CT molecular complexity index is 363. The Kier molecular flexibility index (Phi) is 4.60. The van der Waals surface area contributed by atoms with Crippen LogP contribution < -0.4 is 5.32 Å². The van der Waals surface area contributed by atoms with Crippen molar-refractivity contribution in [2.24, 2.45) is 5.41 Å². The first-order chi connectivity index (χ1) is 8.26. The highest BCUT2D eigenvalue weighted by Gasteiger charge is 2.41. The SMILES string of the molecule is COCCC1(CNCc2ccccc2Br)CC1. The van der Waals surface area contributed by atoms with Crippen molar-refractivity contribution in [3.8, 4) is 0 Å². The molecule has 0 unspecified atom stereocenters. The molecule has 0 heterocycles. The van der Waals surface area contributed by atoms with Crippen molar-refractivity contribution < 1.29 is 4.74 Å². The van der Waals surface area contributed by atoms with Crippen molar-refractivity contribution in [3.05, 3.63) is 34.3 Å². The van der Waals surface area contributed by atoms with Crippen LogP contribution in [0.2, 0.25) is 0 Å². The van der Waals surface area contributed by atoms with Gasteiger partial charge in [-0.05, 0) is 36.3 Å². The average molecular weight is 298 g/mol. The predicted molar refractivity (Wildman–Crippen MR) is 74.0 cm³/mol. The Balaban J connectivity index is 1.75. The molecule has 1 aliphatic carbocycles. The van der Waals surface area contributed by atoms with Crippen LogP contribution in [0.4, 0.5) is 0 Å². The Morgan fingerprint density at radius 3 is 2.76 bits per heavy atom. The molecule has 0 bridgehead atoms. The van der Waals surface area contributed by atoms with Crippen LogP contribution in [-0.4, -0.2) is 20.3 Å². The van der Waals surface area contributed by atoms with Gasteiger partial charge in [-0.1, -0.05) is 34.1 Å². The highest BCUT2D eigenvalue weighted by molar-refractivity contribution is 9.10. The summed E-state index contributed by atoms with van der Waals surface area (Å²) in [6.45, 7) is 2.94. The van der Waals surface area contributed by atoms with E-state index in [1.807, 2.05) is 0 Å². The summed E-state index contributed by atoms with van der Waals surface area (Å²) < 4.78 is 6.36. The standard InChI is InChI=1S/C14H20BrNO/c1-17-9-8-14(6-7-14)11-16-10-12-4-2-3-5-13(12)15/h2-5,16H,6-11H2,1H3. The van der Waals surface area contributed by atoms with E-state index in [4.69, 9.17) is 4.74 Å². The van der Waals surface area contributed by atoms with Gasteiger partial charge in [0, 0.05) is 31.3 Å². The van der Waals surface area contributed by atoms with Crippen LogP contribution in [0, 0.1) is 5.41 Å². The first-order valence-electron chi connectivity index (χ1n) is 6.19. The summed E-state index contributed by atoms with van der Waals surface area (Å²) in [6, 6.07) is 8.38. The molecule has 0 atom stereocenters. The van der Waals surface area contributed by atoms with Crippen LogP contribution in [0.1, 0.15) is 24.8 Å². The molecule has 0 aliphatic heterocycles. The Hall–Kier alpha value is -0.380. The minimum atomic E-state index is 0.525. The molecule has 0 aromatic heterocycles. The van der Waals surface area contributed by atoms with Gasteiger partial charge >= 0.3 is 0 Å². The number of methoxy groups -OCH3 is 1. The van der Waals surface area contributed by atoms with Gasteiger partial charge in [0.15, 0.2) is 0 Å². The van der Waals surface area contributed by atoms with E-state index in [0.29, 0.717) is 5.41 Å². The first kappa shape index (κ1) is 13.1. The van der Waals surface area contributed by atoms with Crippen LogP contribution >= 0.6 is 15.9 Å². The van der Waals surface area contributed by atoms with Crippen LogP contribution in [-0.2, 0) is 11.3 Å². The lowest BCUT2D eigenvalue weighted by atomic mass is 10.0. The molecular formula is C14H20BrNO. The van der Waals surface area contributed by atoms with E-state index in [9.17, 15) is 0 Å². The van der Waals surface area contributed by atoms with E-state index < -0.39 is 0 Å². The summed E-state index contributed by atoms with van der Waals surface area (Å²) >= 11 is 3.57. The molecule has 2 nitrogen and oxygen atoms in total. The second kappa shape index (κ2) is 5.98. The monoisotopic (exact) mass is 297 g/mol. The summed E-state index contributed by atoms with van der Waals surface area (Å²) in [5.74, 6) is 0. The first-order valence-corrected chi connectivity index (χ1v) is 6.98. The van der Waals surface area contributed by atoms with E-state index in [1.165, 1.54) is 29.3 Å². The molecule has 2 rings (SSSR count). The molecule has 1 aromatic rings. The number of hydrogen-bond acceptors (Lipinski definition) is 2. The molecule has 0 amide bonds. The number of hydrogen-bond donors (Lipinski definition) is 1. The molecule has 0 spiro atoms. The number of benzene rings is 1. The van der Waals surface area contributed by atoms with Crippen molar-refractivity contribution in [2.45, 2.75) is 25.8 Å². The van der Waals surface area contributed by atoms with Crippen molar-refractivity contribution in [1.29, 1.82) is 0 Å².